The number of carbonyl (C=O) groups is 1. The van der Waals surface area contributed by atoms with E-state index in [1.54, 1.807) is 51.1 Å². The smallest absolute Gasteiger partial charge is 0.408 e. The molecule has 0 aromatic heterocycles. The van der Waals surface area contributed by atoms with E-state index in [0.29, 0.717) is 24.9 Å². The standard InChI is InChI=1S/C26H29ClN4O7S/c1-26(2,3)38-25(35)30-18-11-7-8-14-31(18)39(36,37)24-16(27)12-13-17(21(24)32)29-20-19(22(33)23(20)34)28-15-9-5-4-6-10-15/h4-6,9-10,12-13,18,28-29,32H,7-8,11,14H2,1-3H3,(H,30,35). The maximum Gasteiger partial charge on any atom is 0.408 e. The average Bonchev–Trinajstić information content (AvgIpc) is 2.86. The zero-order valence-electron chi connectivity index (χ0n) is 21.6. The largest absolute Gasteiger partial charge is 0.504 e. The Bertz CT molecular complexity index is 1560. The molecule has 0 saturated carbocycles. The first-order chi connectivity index (χ1) is 18.3. The van der Waals surface area contributed by atoms with Crippen LogP contribution in [0.3, 0.4) is 0 Å². The lowest BCUT2D eigenvalue weighted by molar-refractivity contribution is 0.0445. The van der Waals surface area contributed by atoms with Crippen molar-refractivity contribution in [2.75, 3.05) is 17.2 Å². The van der Waals surface area contributed by atoms with Crippen molar-refractivity contribution >= 4 is 50.5 Å². The summed E-state index contributed by atoms with van der Waals surface area (Å²) in [4.78, 5) is 36.3. The molecule has 13 heteroatoms. The molecule has 1 atom stereocenters. The van der Waals surface area contributed by atoms with E-state index in [4.69, 9.17) is 16.3 Å². The third-order valence-corrected chi connectivity index (χ3v) is 8.41. The summed E-state index contributed by atoms with van der Waals surface area (Å²) in [5.41, 5.74) is -2.11. The summed E-state index contributed by atoms with van der Waals surface area (Å²) in [5.74, 6) is -0.734. The summed E-state index contributed by atoms with van der Waals surface area (Å²) in [6.45, 7) is 5.14. The summed E-state index contributed by atoms with van der Waals surface area (Å²) in [6.07, 6.45) is -0.193. The number of halogens is 1. The topological polar surface area (TPSA) is 154 Å². The van der Waals surface area contributed by atoms with Crippen LogP contribution in [0, 0.1) is 0 Å². The lowest BCUT2D eigenvalue weighted by Gasteiger charge is -2.35. The second-order valence-corrected chi connectivity index (χ2v) is 12.3. The van der Waals surface area contributed by atoms with Crippen molar-refractivity contribution in [3.8, 4) is 5.75 Å². The highest BCUT2D eigenvalue weighted by Gasteiger charge is 2.39. The molecule has 1 fully saturated rings. The monoisotopic (exact) mass is 576 g/mol. The van der Waals surface area contributed by atoms with Crippen LogP contribution in [0.15, 0.2) is 56.9 Å². The van der Waals surface area contributed by atoms with Crippen LogP contribution in [-0.4, -0.2) is 42.2 Å². The van der Waals surface area contributed by atoms with Gasteiger partial charge in [0.25, 0.3) is 10.9 Å². The third-order valence-electron chi connectivity index (χ3n) is 6.00. The van der Waals surface area contributed by atoms with E-state index in [2.05, 4.69) is 16.0 Å². The second-order valence-electron chi connectivity index (χ2n) is 10.1. The van der Waals surface area contributed by atoms with Crippen molar-refractivity contribution in [2.24, 2.45) is 0 Å². The van der Waals surface area contributed by atoms with Gasteiger partial charge in [0.1, 0.15) is 21.9 Å². The maximum atomic E-state index is 13.8. The number of carbonyl (C=O) groups excluding carboxylic acids is 1. The van der Waals surface area contributed by atoms with E-state index in [9.17, 15) is 27.9 Å². The number of amides is 1. The first kappa shape index (κ1) is 28.4. The molecule has 0 aliphatic carbocycles. The van der Waals surface area contributed by atoms with E-state index >= 15 is 0 Å². The predicted molar refractivity (Wildman–Crippen MR) is 148 cm³/mol. The number of nitrogens with one attached hydrogen (secondary N) is 3. The molecular weight excluding hydrogens is 548 g/mol. The van der Waals surface area contributed by atoms with Gasteiger partial charge in [-0.25, -0.2) is 13.2 Å². The Hall–Kier alpha value is -3.61. The number of phenolic OH excluding ortho intramolecular Hbond substituents is 1. The minimum absolute atomic E-state index is 0.0254. The summed E-state index contributed by atoms with van der Waals surface area (Å²) < 4.78 is 33.9. The summed E-state index contributed by atoms with van der Waals surface area (Å²) in [6, 6.07) is 11.2. The Morgan fingerprint density at radius 3 is 2.31 bits per heavy atom. The van der Waals surface area contributed by atoms with Crippen LogP contribution in [0.1, 0.15) is 40.0 Å². The number of rotatable bonds is 7. The molecule has 1 aliphatic heterocycles. The van der Waals surface area contributed by atoms with E-state index in [1.807, 2.05) is 0 Å². The molecule has 1 saturated heterocycles. The van der Waals surface area contributed by atoms with Crippen molar-refractivity contribution in [1.82, 2.24) is 9.62 Å². The molecule has 0 spiro atoms. The predicted octanol–water partition coefficient (Wildman–Crippen LogP) is 4.15. The molecule has 1 aliphatic rings. The Morgan fingerprint density at radius 2 is 1.67 bits per heavy atom. The van der Waals surface area contributed by atoms with Gasteiger partial charge in [-0.3, -0.25) is 9.59 Å². The molecule has 39 heavy (non-hydrogen) atoms. The van der Waals surface area contributed by atoms with Gasteiger partial charge < -0.3 is 25.8 Å². The Labute approximate surface area is 230 Å². The van der Waals surface area contributed by atoms with Crippen LogP contribution in [0.5, 0.6) is 5.75 Å². The van der Waals surface area contributed by atoms with E-state index in [1.165, 1.54) is 12.1 Å². The number of anilines is 4. The quantitative estimate of drug-likeness (QED) is 0.240. The van der Waals surface area contributed by atoms with Crippen LogP contribution in [-0.2, 0) is 14.8 Å². The number of alkyl carbamates (subject to hydrolysis) is 1. The maximum absolute atomic E-state index is 13.8. The molecule has 3 aromatic rings. The normalized spacial score (nSPS) is 16.6. The van der Waals surface area contributed by atoms with Gasteiger partial charge in [0, 0.05) is 12.2 Å². The SMILES string of the molecule is CC(C)(C)OC(=O)NC1CCCCN1S(=O)(=O)c1c(Cl)ccc(Nc2c(Nc3ccccc3)c(=O)c2=O)c1O. The molecule has 4 rings (SSSR count). The lowest BCUT2D eigenvalue weighted by atomic mass is 10.1. The van der Waals surface area contributed by atoms with Gasteiger partial charge >= 0.3 is 6.09 Å². The molecule has 208 valence electrons. The minimum atomic E-state index is -4.44. The molecule has 11 nitrogen and oxygen atoms in total. The molecule has 0 radical (unpaired) electrons. The van der Waals surface area contributed by atoms with E-state index in [-0.39, 0.29) is 28.6 Å². The number of aromatic hydroxyl groups is 1. The van der Waals surface area contributed by atoms with Crippen molar-refractivity contribution < 1.29 is 23.1 Å². The van der Waals surface area contributed by atoms with Crippen molar-refractivity contribution in [1.29, 1.82) is 0 Å². The van der Waals surface area contributed by atoms with E-state index < -0.39 is 49.4 Å². The zero-order chi connectivity index (χ0) is 28.5. The molecule has 1 heterocycles. The highest BCUT2D eigenvalue weighted by atomic mass is 35.5. The number of ether oxygens (including phenoxy) is 1. The van der Waals surface area contributed by atoms with Crippen LogP contribution < -0.4 is 26.8 Å². The highest BCUT2D eigenvalue weighted by Crippen LogP contribution is 2.41. The number of para-hydroxylation sites is 1. The fourth-order valence-electron chi connectivity index (χ4n) is 4.22. The summed E-state index contributed by atoms with van der Waals surface area (Å²) in [5, 5.41) is 18.9. The fraction of sp³-hybridized carbons (Fsp3) is 0.346. The van der Waals surface area contributed by atoms with Gasteiger partial charge in [-0.2, -0.15) is 4.31 Å². The van der Waals surface area contributed by atoms with Crippen LogP contribution in [0.2, 0.25) is 5.02 Å². The van der Waals surface area contributed by atoms with E-state index in [0.717, 1.165) is 4.31 Å². The number of sulfonamides is 1. The Morgan fingerprint density at radius 1 is 1.03 bits per heavy atom. The molecular formula is C26H29ClN4O7S. The molecule has 4 N–H and O–H groups in total. The molecule has 3 aromatic carbocycles. The fourth-order valence-corrected chi connectivity index (χ4v) is 6.43. The van der Waals surface area contributed by atoms with Crippen LogP contribution in [0.25, 0.3) is 0 Å². The highest BCUT2D eigenvalue weighted by molar-refractivity contribution is 7.89. The Balaban J connectivity index is 1.64. The number of nitrogens with zero attached hydrogens (tertiary/aromatic N) is 1. The number of hydrogen-bond acceptors (Lipinski definition) is 9. The van der Waals surface area contributed by atoms with Gasteiger partial charge in [0.05, 0.1) is 16.9 Å². The van der Waals surface area contributed by atoms with Crippen molar-refractivity contribution in [2.45, 2.75) is 56.7 Å². The second kappa shape index (κ2) is 10.9. The van der Waals surface area contributed by atoms with Gasteiger partial charge in [0.2, 0.25) is 10.0 Å². The number of hydrogen-bond donors (Lipinski definition) is 4. The minimum Gasteiger partial charge on any atom is -0.504 e. The van der Waals surface area contributed by atoms with Gasteiger partial charge in [-0.05, 0) is 64.3 Å². The van der Waals surface area contributed by atoms with Crippen molar-refractivity contribution in [3.05, 3.63) is 67.9 Å². The zero-order valence-corrected chi connectivity index (χ0v) is 23.1. The van der Waals surface area contributed by atoms with Crippen LogP contribution >= 0.6 is 11.6 Å². The third kappa shape index (κ3) is 6.02. The first-order valence-electron chi connectivity index (χ1n) is 12.2. The molecule has 1 amide bonds. The van der Waals surface area contributed by atoms with Gasteiger partial charge in [0.15, 0.2) is 5.75 Å². The van der Waals surface area contributed by atoms with Crippen LogP contribution in [0.4, 0.5) is 27.5 Å². The summed E-state index contributed by atoms with van der Waals surface area (Å²) in [7, 11) is -4.44. The lowest BCUT2D eigenvalue weighted by Crippen LogP contribution is -2.53. The van der Waals surface area contributed by atoms with Gasteiger partial charge in [-0.1, -0.05) is 29.8 Å². The van der Waals surface area contributed by atoms with Crippen molar-refractivity contribution in [3.63, 3.8) is 0 Å². The first-order valence-corrected chi connectivity index (χ1v) is 14.1. The van der Waals surface area contributed by atoms with Gasteiger partial charge in [-0.15, -0.1) is 0 Å². The summed E-state index contributed by atoms with van der Waals surface area (Å²) >= 11 is 6.27. The average molecular weight is 577 g/mol. The number of phenols is 1. The Kier molecular flexibility index (Phi) is 7.92. The molecule has 1 unspecified atom stereocenters. The number of piperidine rings is 1. The number of benzene rings is 2. The molecule has 0 bridgehead atoms.